The van der Waals surface area contributed by atoms with Crippen LogP contribution in [-0.2, 0) is 11.3 Å². The first-order chi connectivity index (χ1) is 14.9. The number of amidine groups is 1. The van der Waals surface area contributed by atoms with Crippen molar-refractivity contribution >= 4 is 45.1 Å². The van der Waals surface area contributed by atoms with Crippen molar-refractivity contribution in [2.24, 2.45) is 5.16 Å². The van der Waals surface area contributed by atoms with E-state index < -0.39 is 11.7 Å². The summed E-state index contributed by atoms with van der Waals surface area (Å²) in [4.78, 5) is 23.5. The van der Waals surface area contributed by atoms with Gasteiger partial charge in [-0.05, 0) is 62.1 Å². The Morgan fingerprint density at radius 2 is 1.90 bits per heavy atom. The molecule has 3 aromatic rings. The van der Waals surface area contributed by atoms with Crippen molar-refractivity contribution in [2.75, 3.05) is 10.6 Å². The zero-order valence-electron chi connectivity index (χ0n) is 16.0. The molecule has 12 heteroatoms. The number of halogens is 2. The Bertz CT molecular complexity index is 1130. The molecule has 31 heavy (non-hydrogen) atoms. The fourth-order valence-electron chi connectivity index (χ4n) is 2.45. The van der Waals surface area contributed by atoms with E-state index in [9.17, 15) is 19.2 Å². The molecule has 0 saturated heterocycles. The van der Waals surface area contributed by atoms with Crippen molar-refractivity contribution < 1.29 is 23.8 Å². The number of hydrogen-bond donors (Lipinski definition) is 4. The molecule has 0 atom stereocenters. The van der Waals surface area contributed by atoms with Gasteiger partial charge in [0.1, 0.15) is 5.82 Å². The Morgan fingerprint density at radius 1 is 1.16 bits per heavy atom. The van der Waals surface area contributed by atoms with Crippen LogP contribution < -0.4 is 16.0 Å². The molecule has 10 nitrogen and oxygen atoms in total. The highest BCUT2D eigenvalue weighted by molar-refractivity contribution is 9.10. The van der Waals surface area contributed by atoms with Crippen LogP contribution in [-0.4, -0.2) is 33.2 Å². The number of oxime groups is 1. The third-order valence-corrected chi connectivity index (χ3v) is 4.59. The maximum atomic E-state index is 13.4. The summed E-state index contributed by atoms with van der Waals surface area (Å²) < 4.78 is 18.3. The van der Waals surface area contributed by atoms with Crippen LogP contribution in [0.1, 0.15) is 28.5 Å². The van der Waals surface area contributed by atoms with E-state index in [1.807, 2.05) is 0 Å². The number of hydrogen-bond acceptors (Lipinski definition) is 7. The van der Waals surface area contributed by atoms with Crippen LogP contribution in [0.25, 0.3) is 0 Å². The standard InChI is InChI=1S/C19H16BrFN6O4/c1-10(28)22-9-11-2-4-12(5-3-11)19(29)24-18-16(26-31-27-18)17(25-30)23-13-6-7-15(21)14(20)8-13/h2-8,30H,9H2,1H3,(H,22,28)(H,23,25)(H,24,27,29). The average molecular weight is 491 g/mol. The molecule has 1 heterocycles. The van der Waals surface area contributed by atoms with E-state index in [1.54, 1.807) is 24.3 Å². The number of anilines is 2. The number of amides is 2. The highest BCUT2D eigenvalue weighted by Crippen LogP contribution is 2.21. The van der Waals surface area contributed by atoms with Gasteiger partial charge in [0.25, 0.3) is 5.91 Å². The molecule has 2 amide bonds. The van der Waals surface area contributed by atoms with E-state index in [2.05, 4.69) is 52.0 Å². The maximum absolute atomic E-state index is 13.4. The normalized spacial score (nSPS) is 11.1. The van der Waals surface area contributed by atoms with Crippen molar-refractivity contribution in [1.29, 1.82) is 0 Å². The van der Waals surface area contributed by atoms with Crippen molar-refractivity contribution in [3.63, 3.8) is 0 Å². The van der Waals surface area contributed by atoms with Gasteiger partial charge in [-0.2, -0.15) is 0 Å². The zero-order valence-corrected chi connectivity index (χ0v) is 17.6. The fraction of sp³-hybridized carbons (Fsp3) is 0.105. The lowest BCUT2D eigenvalue weighted by molar-refractivity contribution is -0.119. The van der Waals surface area contributed by atoms with Crippen LogP contribution in [0.3, 0.4) is 0 Å². The molecule has 160 valence electrons. The van der Waals surface area contributed by atoms with E-state index in [0.717, 1.165) is 5.56 Å². The Kier molecular flexibility index (Phi) is 6.92. The lowest BCUT2D eigenvalue weighted by Crippen LogP contribution is -2.20. The largest absolute Gasteiger partial charge is 0.409 e. The quantitative estimate of drug-likeness (QED) is 0.180. The van der Waals surface area contributed by atoms with Crippen LogP contribution in [0.5, 0.6) is 0 Å². The monoisotopic (exact) mass is 490 g/mol. The van der Waals surface area contributed by atoms with Gasteiger partial charge in [-0.15, -0.1) is 0 Å². The van der Waals surface area contributed by atoms with Gasteiger partial charge in [0, 0.05) is 24.7 Å². The van der Waals surface area contributed by atoms with Crippen molar-refractivity contribution in [3.8, 4) is 0 Å². The molecule has 3 rings (SSSR count). The summed E-state index contributed by atoms with van der Waals surface area (Å²) in [5.41, 5.74) is 1.45. The van der Waals surface area contributed by atoms with E-state index in [-0.39, 0.29) is 27.7 Å². The van der Waals surface area contributed by atoms with Gasteiger partial charge in [0.05, 0.1) is 4.47 Å². The molecular formula is C19H16BrFN6O4. The molecule has 0 saturated carbocycles. The SMILES string of the molecule is CC(=O)NCc1ccc(C(=O)Nc2nonc2/C(=N/O)Nc2ccc(F)c(Br)c2)cc1. The molecule has 0 aliphatic carbocycles. The van der Waals surface area contributed by atoms with Crippen LogP contribution in [0.15, 0.2) is 56.7 Å². The number of carbonyl (C=O) groups is 2. The highest BCUT2D eigenvalue weighted by atomic mass is 79.9. The molecule has 2 aromatic carbocycles. The number of nitrogens with one attached hydrogen (secondary N) is 3. The minimum atomic E-state index is -0.509. The number of aromatic nitrogens is 2. The van der Waals surface area contributed by atoms with Crippen molar-refractivity contribution in [2.45, 2.75) is 13.5 Å². The third-order valence-electron chi connectivity index (χ3n) is 3.98. The summed E-state index contributed by atoms with van der Waals surface area (Å²) in [6.07, 6.45) is 0. The number of nitrogens with zero attached hydrogens (tertiary/aromatic N) is 3. The lowest BCUT2D eigenvalue weighted by atomic mass is 10.1. The predicted molar refractivity (Wildman–Crippen MR) is 112 cm³/mol. The molecule has 0 bridgehead atoms. The van der Waals surface area contributed by atoms with Gasteiger partial charge in [0.15, 0.2) is 5.69 Å². The Balaban J connectivity index is 1.72. The van der Waals surface area contributed by atoms with Crippen molar-refractivity contribution in [3.05, 3.63) is 69.6 Å². The number of carbonyl (C=O) groups excluding carboxylic acids is 2. The van der Waals surface area contributed by atoms with E-state index in [0.29, 0.717) is 17.8 Å². The molecule has 0 fully saturated rings. The molecule has 0 spiro atoms. The van der Waals surface area contributed by atoms with Gasteiger partial charge >= 0.3 is 0 Å². The van der Waals surface area contributed by atoms with Gasteiger partial charge in [-0.1, -0.05) is 17.3 Å². The smallest absolute Gasteiger partial charge is 0.256 e. The van der Waals surface area contributed by atoms with Gasteiger partial charge in [-0.3, -0.25) is 9.59 Å². The first-order valence-corrected chi connectivity index (χ1v) is 9.58. The maximum Gasteiger partial charge on any atom is 0.256 e. The Labute approximate surface area is 183 Å². The molecule has 0 aliphatic rings. The fourth-order valence-corrected chi connectivity index (χ4v) is 2.83. The summed E-state index contributed by atoms with van der Waals surface area (Å²) in [7, 11) is 0. The van der Waals surface area contributed by atoms with Crippen LogP contribution >= 0.6 is 15.9 Å². The molecule has 0 aliphatic heterocycles. The Morgan fingerprint density at radius 3 is 2.55 bits per heavy atom. The van der Waals surface area contributed by atoms with Crippen LogP contribution in [0, 0.1) is 5.82 Å². The van der Waals surface area contributed by atoms with E-state index in [1.165, 1.54) is 25.1 Å². The van der Waals surface area contributed by atoms with Crippen molar-refractivity contribution in [1.82, 2.24) is 15.6 Å². The second kappa shape index (κ2) is 9.80. The first kappa shape index (κ1) is 21.9. The molecule has 0 radical (unpaired) electrons. The molecular weight excluding hydrogens is 475 g/mol. The molecule has 0 unspecified atom stereocenters. The number of benzene rings is 2. The summed E-state index contributed by atoms with van der Waals surface area (Å²) in [6.45, 7) is 1.76. The van der Waals surface area contributed by atoms with Gasteiger partial charge < -0.3 is 21.2 Å². The topological polar surface area (TPSA) is 142 Å². The molecule has 4 N–H and O–H groups in total. The highest BCUT2D eigenvalue weighted by Gasteiger charge is 2.20. The first-order valence-electron chi connectivity index (χ1n) is 8.79. The summed E-state index contributed by atoms with van der Waals surface area (Å²) in [6, 6.07) is 10.6. The second-order valence-electron chi connectivity index (χ2n) is 6.22. The third kappa shape index (κ3) is 5.63. The van der Waals surface area contributed by atoms with Crippen LogP contribution in [0.2, 0.25) is 0 Å². The van der Waals surface area contributed by atoms with Gasteiger partial charge in [0.2, 0.25) is 17.6 Å². The van der Waals surface area contributed by atoms with Gasteiger partial charge in [-0.25, -0.2) is 9.02 Å². The molecule has 1 aromatic heterocycles. The second-order valence-corrected chi connectivity index (χ2v) is 7.08. The predicted octanol–water partition coefficient (Wildman–Crippen LogP) is 3.11. The average Bonchev–Trinajstić information content (AvgIpc) is 3.21. The minimum absolute atomic E-state index is 0.0708. The summed E-state index contributed by atoms with van der Waals surface area (Å²) >= 11 is 3.06. The van der Waals surface area contributed by atoms with E-state index >= 15 is 0 Å². The summed E-state index contributed by atoms with van der Waals surface area (Å²) in [5.74, 6) is -1.40. The Hall–Kier alpha value is -3.80. The summed E-state index contributed by atoms with van der Waals surface area (Å²) in [5, 5.41) is 27.7. The zero-order chi connectivity index (χ0) is 22.4. The minimum Gasteiger partial charge on any atom is -0.409 e. The lowest BCUT2D eigenvalue weighted by Gasteiger charge is -2.08. The van der Waals surface area contributed by atoms with Crippen LogP contribution in [0.4, 0.5) is 15.9 Å². The van der Waals surface area contributed by atoms with E-state index in [4.69, 9.17) is 0 Å². The number of rotatable bonds is 6.